The molecule has 0 radical (unpaired) electrons. The van der Waals surface area contributed by atoms with Gasteiger partial charge in [0.1, 0.15) is 16.9 Å². The van der Waals surface area contributed by atoms with Crippen molar-refractivity contribution >= 4 is 57.4 Å². The summed E-state index contributed by atoms with van der Waals surface area (Å²) in [4.78, 5) is 35.2. The third-order valence-electron chi connectivity index (χ3n) is 5.36. The number of nitrogens with one attached hydrogen (secondary N) is 1. The van der Waals surface area contributed by atoms with E-state index in [0.717, 1.165) is 10.4 Å². The molecular weight excluding hydrogens is 464 g/mol. The van der Waals surface area contributed by atoms with Gasteiger partial charge in [-0.3, -0.25) is 4.79 Å². The fraction of sp³-hybridized carbons (Fsp3) is 0.0800. The Balaban J connectivity index is 1.56. The number of carbonyl (C=O) groups is 2. The van der Waals surface area contributed by atoms with E-state index in [4.69, 9.17) is 10.5 Å². The van der Waals surface area contributed by atoms with E-state index in [2.05, 4.69) is 20.4 Å². The van der Waals surface area contributed by atoms with Crippen molar-refractivity contribution in [3.8, 4) is 0 Å². The van der Waals surface area contributed by atoms with E-state index in [1.165, 1.54) is 11.8 Å². The molecule has 0 aliphatic carbocycles. The topological polar surface area (TPSA) is 124 Å². The van der Waals surface area contributed by atoms with Crippen LogP contribution in [-0.4, -0.2) is 39.8 Å². The number of carbonyl (C=O) groups excluding carboxylic acids is 2. The number of thiophene rings is 1. The van der Waals surface area contributed by atoms with Crippen LogP contribution in [0, 0.1) is 0 Å². The molecule has 0 bridgehead atoms. The molecule has 174 valence electrons. The fourth-order valence-corrected chi connectivity index (χ4v) is 4.25. The summed E-state index contributed by atoms with van der Waals surface area (Å²) < 4.78 is 6.13. The van der Waals surface area contributed by atoms with E-state index in [0.29, 0.717) is 34.3 Å². The zero-order valence-corrected chi connectivity index (χ0v) is 19.5. The van der Waals surface area contributed by atoms with E-state index in [9.17, 15) is 9.59 Å². The summed E-state index contributed by atoms with van der Waals surface area (Å²) in [6.07, 6.45) is 1.57. The number of benzene rings is 2. The van der Waals surface area contributed by atoms with Gasteiger partial charge in [-0.1, -0.05) is 30.3 Å². The number of aromatic nitrogens is 3. The fourth-order valence-electron chi connectivity index (χ4n) is 3.60. The highest BCUT2D eigenvalue weighted by atomic mass is 32.1. The monoisotopic (exact) mass is 484 g/mol. The van der Waals surface area contributed by atoms with Gasteiger partial charge >= 0.3 is 5.97 Å². The summed E-state index contributed by atoms with van der Waals surface area (Å²) in [5, 5.41) is 9.35. The Bertz CT molecular complexity index is 1570. The van der Waals surface area contributed by atoms with E-state index >= 15 is 0 Å². The third kappa shape index (κ3) is 4.34. The second-order valence-electron chi connectivity index (χ2n) is 7.58. The van der Waals surface area contributed by atoms with Crippen molar-refractivity contribution in [3.63, 3.8) is 0 Å². The smallest absolute Gasteiger partial charge is 0.337 e. The number of nitrogens with zero attached hydrogens (tertiary/aromatic N) is 4. The van der Waals surface area contributed by atoms with Crippen LogP contribution in [0.2, 0.25) is 0 Å². The zero-order chi connectivity index (χ0) is 24.4. The van der Waals surface area contributed by atoms with Gasteiger partial charge in [-0.15, -0.1) is 11.3 Å². The molecule has 5 rings (SSSR count). The molecule has 0 unspecified atom stereocenters. The number of amides is 1. The van der Waals surface area contributed by atoms with Gasteiger partial charge in [-0.2, -0.15) is 9.78 Å². The lowest BCUT2D eigenvalue weighted by atomic mass is 10.1. The van der Waals surface area contributed by atoms with Gasteiger partial charge in [0.05, 0.1) is 36.5 Å². The van der Waals surface area contributed by atoms with Crippen molar-refractivity contribution in [1.29, 1.82) is 0 Å². The number of para-hydroxylation sites is 2. The van der Waals surface area contributed by atoms with Crippen molar-refractivity contribution < 1.29 is 14.3 Å². The van der Waals surface area contributed by atoms with Crippen LogP contribution in [0.5, 0.6) is 0 Å². The van der Waals surface area contributed by atoms with Crippen LogP contribution in [0.3, 0.4) is 0 Å². The Kier molecular flexibility index (Phi) is 5.94. The van der Waals surface area contributed by atoms with Crippen LogP contribution in [0.4, 0.5) is 5.82 Å². The standard InChI is InChI=1S/C25H20N6O3S/c1-34-25(33)16-10-8-15(9-11-16)13-28-31-22(26)20(24(32)27-14-17-5-4-12-35-17)21-23(31)30-19-7-3-2-6-18(19)29-21/h2-13H,14,26H2,1H3,(H,27,32)/b28-13-. The number of nitrogen functional groups attached to an aromatic ring is 1. The van der Waals surface area contributed by atoms with Crippen LogP contribution < -0.4 is 11.1 Å². The average Bonchev–Trinajstić information content (AvgIpc) is 3.50. The van der Waals surface area contributed by atoms with Gasteiger partial charge in [0, 0.05) is 4.88 Å². The highest BCUT2D eigenvalue weighted by Gasteiger charge is 2.24. The Morgan fingerprint density at radius 1 is 1.09 bits per heavy atom. The van der Waals surface area contributed by atoms with Gasteiger partial charge in [-0.25, -0.2) is 14.8 Å². The zero-order valence-electron chi connectivity index (χ0n) is 18.6. The second-order valence-corrected chi connectivity index (χ2v) is 8.61. The average molecular weight is 485 g/mol. The lowest BCUT2D eigenvalue weighted by molar-refractivity contribution is 0.0600. The predicted molar refractivity (Wildman–Crippen MR) is 136 cm³/mol. The summed E-state index contributed by atoms with van der Waals surface area (Å²) in [6.45, 7) is 0.374. The molecule has 0 saturated carbocycles. The first-order valence-corrected chi connectivity index (χ1v) is 11.5. The number of fused-ring (bicyclic) bond motifs is 2. The first-order chi connectivity index (χ1) is 17.0. The van der Waals surface area contributed by atoms with Gasteiger partial charge in [0.15, 0.2) is 5.65 Å². The van der Waals surface area contributed by atoms with Crippen LogP contribution in [0.1, 0.15) is 31.2 Å². The van der Waals surface area contributed by atoms with Gasteiger partial charge in [0.25, 0.3) is 5.91 Å². The SMILES string of the molecule is COC(=O)c1ccc(/C=N\n2c(N)c(C(=O)NCc3cccs3)c3nc4ccccc4nc32)cc1. The summed E-state index contributed by atoms with van der Waals surface area (Å²) in [7, 11) is 1.33. The van der Waals surface area contributed by atoms with Crippen molar-refractivity contribution in [2.24, 2.45) is 5.10 Å². The van der Waals surface area contributed by atoms with Crippen LogP contribution in [0.15, 0.2) is 71.1 Å². The van der Waals surface area contributed by atoms with E-state index in [1.54, 1.807) is 41.8 Å². The largest absolute Gasteiger partial charge is 0.465 e. The number of ether oxygens (including phenoxy) is 1. The minimum atomic E-state index is -0.422. The molecule has 1 amide bonds. The summed E-state index contributed by atoms with van der Waals surface area (Å²) in [5.74, 6) is -0.655. The number of anilines is 1. The molecular formula is C25H20N6O3S. The first kappa shape index (κ1) is 22.2. The van der Waals surface area contributed by atoms with Gasteiger partial charge in [-0.05, 0) is 41.3 Å². The maximum absolute atomic E-state index is 13.2. The van der Waals surface area contributed by atoms with Crippen molar-refractivity contribution in [1.82, 2.24) is 20.0 Å². The van der Waals surface area contributed by atoms with Crippen molar-refractivity contribution in [3.05, 3.63) is 87.6 Å². The molecule has 10 heteroatoms. The lowest BCUT2D eigenvalue weighted by Gasteiger charge is -2.04. The molecule has 3 aromatic heterocycles. The van der Waals surface area contributed by atoms with Crippen LogP contribution in [-0.2, 0) is 11.3 Å². The Hall–Kier alpha value is -4.57. The number of esters is 1. The molecule has 0 atom stereocenters. The molecule has 0 aliphatic heterocycles. The van der Waals surface area contributed by atoms with Gasteiger partial charge in [0.2, 0.25) is 0 Å². The minimum absolute atomic E-state index is 0.126. The summed E-state index contributed by atoms with van der Waals surface area (Å²) >= 11 is 1.55. The number of hydrogen-bond acceptors (Lipinski definition) is 8. The lowest BCUT2D eigenvalue weighted by Crippen LogP contribution is -2.23. The van der Waals surface area contributed by atoms with Crippen LogP contribution >= 0.6 is 11.3 Å². The summed E-state index contributed by atoms with van der Waals surface area (Å²) in [5.41, 5.74) is 9.82. The van der Waals surface area contributed by atoms with Crippen LogP contribution in [0.25, 0.3) is 22.2 Å². The van der Waals surface area contributed by atoms with E-state index in [1.807, 2.05) is 41.8 Å². The number of nitrogens with two attached hydrogens (primary N) is 1. The molecule has 0 spiro atoms. The highest BCUT2D eigenvalue weighted by molar-refractivity contribution is 7.09. The number of hydrogen-bond donors (Lipinski definition) is 2. The molecule has 35 heavy (non-hydrogen) atoms. The maximum atomic E-state index is 13.2. The Labute approximate surface area is 203 Å². The molecule has 3 heterocycles. The highest BCUT2D eigenvalue weighted by Crippen LogP contribution is 2.28. The quantitative estimate of drug-likeness (QED) is 0.279. The van der Waals surface area contributed by atoms with Crippen molar-refractivity contribution in [2.45, 2.75) is 6.54 Å². The van der Waals surface area contributed by atoms with E-state index in [-0.39, 0.29) is 17.3 Å². The molecule has 3 N–H and O–H groups in total. The molecule has 0 saturated heterocycles. The van der Waals surface area contributed by atoms with Gasteiger partial charge < -0.3 is 15.8 Å². The molecule has 0 fully saturated rings. The first-order valence-electron chi connectivity index (χ1n) is 10.6. The third-order valence-corrected chi connectivity index (χ3v) is 6.23. The number of methoxy groups -OCH3 is 1. The Morgan fingerprint density at radius 3 is 2.51 bits per heavy atom. The minimum Gasteiger partial charge on any atom is -0.465 e. The Morgan fingerprint density at radius 2 is 1.83 bits per heavy atom. The molecule has 0 aliphatic rings. The second kappa shape index (κ2) is 9.35. The maximum Gasteiger partial charge on any atom is 0.337 e. The van der Waals surface area contributed by atoms with Crippen molar-refractivity contribution in [2.75, 3.05) is 12.8 Å². The summed E-state index contributed by atoms with van der Waals surface area (Å²) in [6, 6.07) is 18.0. The van der Waals surface area contributed by atoms with E-state index < -0.39 is 5.97 Å². The number of rotatable bonds is 6. The molecule has 5 aromatic rings. The predicted octanol–water partition coefficient (Wildman–Crippen LogP) is 3.83. The molecule has 9 nitrogen and oxygen atoms in total. The molecule has 2 aromatic carbocycles. The normalized spacial score (nSPS) is 11.3.